The smallest absolute Gasteiger partial charge is 0.204 e. The van der Waals surface area contributed by atoms with Gasteiger partial charge in [-0.25, -0.2) is 9.97 Å². The third-order valence-corrected chi connectivity index (χ3v) is 3.35. The molecule has 1 unspecified atom stereocenters. The first kappa shape index (κ1) is 17.5. The van der Waals surface area contributed by atoms with Gasteiger partial charge in [-0.2, -0.15) is 0 Å². The van der Waals surface area contributed by atoms with Crippen LogP contribution in [-0.2, 0) is 0 Å². The fraction of sp³-hybridized carbons (Fsp3) is 0.750. The van der Waals surface area contributed by atoms with Gasteiger partial charge in [-0.05, 0) is 25.7 Å². The van der Waals surface area contributed by atoms with Crippen LogP contribution >= 0.6 is 0 Å². The fourth-order valence-corrected chi connectivity index (χ4v) is 2.18. The van der Waals surface area contributed by atoms with E-state index in [1.54, 1.807) is 13.4 Å². The SMILES string of the molecule is CCCNc1ncnc(NC(C)CCCC(C)C)c1OC. The molecule has 0 radical (unpaired) electrons. The molecule has 5 nitrogen and oxygen atoms in total. The summed E-state index contributed by atoms with van der Waals surface area (Å²) in [5.74, 6) is 2.98. The van der Waals surface area contributed by atoms with Crippen LogP contribution in [0.2, 0.25) is 0 Å². The molecule has 0 aliphatic carbocycles. The molecular formula is C16H30N4O. The average molecular weight is 294 g/mol. The molecule has 0 amide bonds. The molecule has 0 fully saturated rings. The summed E-state index contributed by atoms with van der Waals surface area (Å²) < 4.78 is 5.47. The van der Waals surface area contributed by atoms with E-state index >= 15 is 0 Å². The molecule has 0 saturated heterocycles. The summed E-state index contributed by atoms with van der Waals surface area (Å²) in [6.45, 7) is 9.70. The minimum Gasteiger partial charge on any atom is -0.490 e. The van der Waals surface area contributed by atoms with Gasteiger partial charge in [-0.3, -0.25) is 0 Å². The molecule has 1 aromatic heterocycles. The standard InChI is InChI=1S/C16H30N4O/c1-6-10-17-15-14(21-5)16(19-11-18-15)20-13(4)9-7-8-12(2)3/h11-13H,6-10H2,1-5H3,(H2,17,18,19,20). The molecule has 0 aromatic carbocycles. The maximum absolute atomic E-state index is 5.47. The summed E-state index contributed by atoms with van der Waals surface area (Å²) >= 11 is 0. The zero-order valence-electron chi connectivity index (χ0n) is 14.1. The van der Waals surface area contributed by atoms with Gasteiger partial charge in [0.2, 0.25) is 5.75 Å². The van der Waals surface area contributed by atoms with E-state index in [4.69, 9.17) is 4.74 Å². The number of hydrogen-bond donors (Lipinski definition) is 2. The van der Waals surface area contributed by atoms with E-state index < -0.39 is 0 Å². The van der Waals surface area contributed by atoms with E-state index in [2.05, 4.69) is 48.3 Å². The Bertz CT molecular complexity index is 409. The molecule has 1 atom stereocenters. The Labute approximate surface area is 128 Å². The Balaban J connectivity index is 2.64. The quantitative estimate of drug-likeness (QED) is 0.684. The largest absolute Gasteiger partial charge is 0.490 e. The van der Waals surface area contributed by atoms with Crippen molar-refractivity contribution in [1.82, 2.24) is 9.97 Å². The van der Waals surface area contributed by atoms with Crippen molar-refractivity contribution in [3.63, 3.8) is 0 Å². The maximum atomic E-state index is 5.47. The Morgan fingerprint density at radius 2 is 1.86 bits per heavy atom. The zero-order chi connectivity index (χ0) is 15.7. The monoisotopic (exact) mass is 294 g/mol. The highest BCUT2D eigenvalue weighted by atomic mass is 16.5. The number of methoxy groups -OCH3 is 1. The molecule has 2 N–H and O–H groups in total. The van der Waals surface area contributed by atoms with E-state index in [-0.39, 0.29) is 0 Å². The van der Waals surface area contributed by atoms with Gasteiger partial charge in [-0.1, -0.05) is 33.6 Å². The molecule has 0 aliphatic heterocycles. The Morgan fingerprint density at radius 1 is 1.14 bits per heavy atom. The number of nitrogens with one attached hydrogen (secondary N) is 2. The summed E-state index contributed by atoms with van der Waals surface area (Å²) in [6.07, 6.45) is 6.23. The molecule has 120 valence electrons. The molecule has 21 heavy (non-hydrogen) atoms. The van der Waals surface area contributed by atoms with Crippen LogP contribution in [0.25, 0.3) is 0 Å². The van der Waals surface area contributed by atoms with E-state index in [1.807, 2.05) is 0 Å². The summed E-state index contributed by atoms with van der Waals surface area (Å²) in [5.41, 5.74) is 0. The van der Waals surface area contributed by atoms with E-state index in [1.165, 1.54) is 12.8 Å². The molecule has 1 rings (SSSR count). The minimum absolute atomic E-state index is 0.367. The van der Waals surface area contributed by atoms with Gasteiger partial charge in [0.05, 0.1) is 7.11 Å². The van der Waals surface area contributed by atoms with Crippen LogP contribution in [-0.4, -0.2) is 29.7 Å². The van der Waals surface area contributed by atoms with Crippen LogP contribution in [0.4, 0.5) is 11.6 Å². The summed E-state index contributed by atoms with van der Waals surface area (Å²) in [5, 5.41) is 6.71. The number of hydrogen-bond acceptors (Lipinski definition) is 5. The molecule has 1 aromatic rings. The first-order chi connectivity index (χ1) is 10.1. The van der Waals surface area contributed by atoms with Gasteiger partial charge in [0.1, 0.15) is 6.33 Å². The van der Waals surface area contributed by atoms with Gasteiger partial charge < -0.3 is 15.4 Å². The predicted octanol–water partition coefficient (Wildman–Crippen LogP) is 3.93. The predicted molar refractivity (Wildman–Crippen MR) is 89.1 cm³/mol. The third kappa shape index (κ3) is 6.19. The van der Waals surface area contributed by atoms with E-state index in [0.717, 1.165) is 36.9 Å². The third-order valence-electron chi connectivity index (χ3n) is 3.35. The van der Waals surface area contributed by atoms with Crippen LogP contribution in [0.3, 0.4) is 0 Å². The minimum atomic E-state index is 0.367. The second kappa shape index (κ2) is 9.42. The topological polar surface area (TPSA) is 59.1 Å². The van der Waals surface area contributed by atoms with Crippen LogP contribution in [0.1, 0.15) is 53.4 Å². The molecule has 0 bridgehead atoms. The second-order valence-electron chi connectivity index (χ2n) is 5.90. The van der Waals surface area contributed by atoms with E-state index in [9.17, 15) is 0 Å². The van der Waals surface area contributed by atoms with Crippen molar-refractivity contribution in [1.29, 1.82) is 0 Å². The zero-order valence-corrected chi connectivity index (χ0v) is 14.1. The molecule has 0 aliphatic rings. The van der Waals surface area contributed by atoms with Crippen LogP contribution in [0, 0.1) is 5.92 Å². The van der Waals surface area contributed by atoms with Gasteiger partial charge in [0, 0.05) is 12.6 Å². The highest BCUT2D eigenvalue weighted by Gasteiger charge is 2.13. The van der Waals surface area contributed by atoms with Crippen molar-refractivity contribution >= 4 is 11.6 Å². The summed E-state index contributed by atoms with van der Waals surface area (Å²) in [7, 11) is 1.66. The first-order valence-corrected chi connectivity index (χ1v) is 7.97. The van der Waals surface area contributed by atoms with Crippen LogP contribution < -0.4 is 15.4 Å². The Hall–Kier alpha value is -1.52. The van der Waals surface area contributed by atoms with E-state index in [0.29, 0.717) is 11.8 Å². The molecule has 0 spiro atoms. The van der Waals surface area contributed by atoms with Crippen molar-refractivity contribution in [3.8, 4) is 5.75 Å². The number of ether oxygens (including phenoxy) is 1. The number of rotatable bonds is 10. The van der Waals surface area contributed by atoms with Crippen molar-refractivity contribution in [2.75, 3.05) is 24.3 Å². The van der Waals surface area contributed by atoms with Gasteiger partial charge in [0.15, 0.2) is 11.6 Å². The van der Waals surface area contributed by atoms with Crippen molar-refractivity contribution < 1.29 is 4.74 Å². The lowest BCUT2D eigenvalue weighted by atomic mass is 10.0. The van der Waals surface area contributed by atoms with Gasteiger partial charge in [-0.15, -0.1) is 0 Å². The highest BCUT2D eigenvalue weighted by molar-refractivity contribution is 5.63. The highest BCUT2D eigenvalue weighted by Crippen LogP contribution is 2.29. The fourth-order valence-electron chi connectivity index (χ4n) is 2.18. The second-order valence-corrected chi connectivity index (χ2v) is 5.90. The van der Waals surface area contributed by atoms with Crippen molar-refractivity contribution in [2.24, 2.45) is 5.92 Å². The van der Waals surface area contributed by atoms with Crippen LogP contribution in [0.15, 0.2) is 6.33 Å². The Morgan fingerprint density at radius 3 is 2.48 bits per heavy atom. The summed E-state index contributed by atoms with van der Waals surface area (Å²) in [4.78, 5) is 8.57. The van der Waals surface area contributed by atoms with Crippen molar-refractivity contribution in [3.05, 3.63) is 6.33 Å². The molecule has 0 saturated carbocycles. The van der Waals surface area contributed by atoms with Crippen molar-refractivity contribution in [2.45, 2.75) is 59.4 Å². The molecule has 5 heteroatoms. The Kier molecular flexibility index (Phi) is 7.87. The lowest BCUT2D eigenvalue weighted by Crippen LogP contribution is -2.17. The molecular weight excluding hydrogens is 264 g/mol. The number of nitrogens with zero attached hydrogens (tertiary/aromatic N) is 2. The van der Waals surface area contributed by atoms with Gasteiger partial charge in [0.25, 0.3) is 0 Å². The van der Waals surface area contributed by atoms with Crippen LogP contribution in [0.5, 0.6) is 5.75 Å². The summed E-state index contributed by atoms with van der Waals surface area (Å²) in [6, 6.07) is 0.367. The average Bonchev–Trinajstić information content (AvgIpc) is 2.44. The maximum Gasteiger partial charge on any atom is 0.204 e. The number of aromatic nitrogens is 2. The number of anilines is 2. The normalized spacial score (nSPS) is 12.3. The van der Waals surface area contributed by atoms with Gasteiger partial charge >= 0.3 is 0 Å². The molecule has 1 heterocycles. The lowest BCUT2D eigenvalue weighted by molar-refractivity contribution is 0.413. The first-order valence-electron chi connectivity index (χ1n) is 7.97. The lowest BCUT2D eigenvalue weighted by Gasteiger charge is -2.18.